The van der Waals surface area contributed by atoms with E-state index in [-0.39, 0.29) is 18.4 Å². The van der Waals surface area contributed by atoms with Gasteiger partial charge in [-0.2, -0.15) is 0 Å². The highest BCUT2D eigenvalue weighted by molar-refractivity contribution is 5.81. The van der Waals surface area contributed by atoms with Gasteiger partial charge < -0.3 is 14.6 Å². The van der Waals surface area contributed by atoms with E-state index in [1.807, 2.05) is 29.7 Å². The van der Waals surface area contributed by atoms with E-state index in [4.69, 9.17) is 0 Å². The van der Waals surface area contributed by atoms with Crippen molar-refractivity contribution in [3.63, 3.8) is 0 Å². The predicted octanol–water partition coefficient (Wildman–Crippen LogP) is 2.69. The first-order valence-corrected chi connectivity index (χ1v) is 9.53. The lowest BCUT2D eigenvalue weighted by molar-refractivity contribution is -0.153. The van der Waals surface area contributed by atoms with Gasteiger partial charge in [-0.3, -0.25) is 9.59 Å². The lowest BCUT2D eigenvalue weighted by Crippen LogP contribution is -2.43. The minimum Gasteiger partial charge on any atom is -0.481 e. The van der Waals surface area contributed by atoms with E-state index in [2.05, 4.69) is 17.1 Å². The summed E-state index contributed by atoms with van der Waals surface area (Å²) in [5.74, 6) is 0.379. The fourth-order valence-corrected chi connectivity index (χ4v) is 4.84. The zero-order chi connectivity index (χ0) is 19.0. The number of rotatable bonds is 4. The molecule has 3 atom stereocenters. The average Bonchev–Trinajstić information content (AvgIpc) is 3.26. The summed E-state index contributed by atoms with van der Waals surface area (Å²) in [4.78, 5) is 30.9. The number of hydrogen-bond acceptors (Lipinski definition) is 3. The Morgan fingerprint density at radius 3 is 2.74 bits per heavy atom. The smallest absolute Gasteiger partial charge is 0.311 e. The van der Waals surface area contributed by atoms with Crippen LogP contribution in [0.2, 0.25) is 0 Å². The number of fused-ring (bicyclic) bond motifs is 1. The number of nitrogens with zero attached hydrogens (tertiary/aromatic N) is 3. The van der Waals surface area contributed by atoms with Crippen molar-refractivity contribution in [1.82, 2.24) is 14.5 Å². The molecular weight excluding hydrogens is 342 g/mol. The standard InChI is InChI=1S/C21H25N3O3/c1-15-22-9-10-23(15)13-19(25)24-12-18-11-17(16-5-3-2-4-6-16)7-8-21(18,14-24)20(26)27/h2-6,9-10,17-18H,7-8,11-14H2,1H3,(H,26,27)/t17-,18-,21-/m0/s1. The van der Waals surface area contributed by atoms with E-state index in [9.17, 15) is 14.7 Å². The molecule has 0 bridgehead atoms. The Bertz CT molecular complexity index is 847. The molecular formula is C21H25N3O3. The van der Waals surface area contributed by atoms with Crippen LogP contribution in [0.25, 0.3) is 0 Å². The third kappa shape index (κ3) is 3.13. The molecule has 1 N–H and O–H groups in total. The number of aryl methyl sites for hydroxylation is 1. The molecule has 142 valence electrons. The molecule has 4 rings (SSSR count). The first-order valence-electron chi connectivity index (χ1n) is 9.53. The number of carbonyl (C=O) groups excluding carboxylic acids is 1. The van der Waals surface area contributed by atoms with Crippen molar-refractivity contribution in [3.8, 4) is 0 Å². The summed E-state index contributed by atoms with van der Waals surface area (Å²) in [5, 5.41) is 10.0. The van der Waals surface area contributed by atoms with Gasteiger partial charge in [-0.05, 0) is 43.6 Å². The zero-order valence-electron chi connectivity index (χ0n) is 15.5. The summed E-state index contributed by atoms with van der Waals surface area (Å²) < 4.78 is 1.81. The molecule has 1 saturated heterocycles. The maximum atomic E-state index is 12.8. The highest BCUT2D eigenvalue weighted by Crippen LogP contribution is 2.51. The molecule has 2 heterocycles. The van der Waals surface area contributed by atoms with Crippen LogP contribution >= 0.6 is 0 Å². The zero-order valence-corrected chi connectivity index (χ0v) is 15.5. The molecule has 0 radical (unpaired) electrons. The van der Waals surface area contributed by atoms with Crippen LogP contribution in [0.4, 0.5) is 0 Å². The topological polar surface area (TPSA) is 75.4 Å². The highest BCUT2D eigenvalue weighted by Gasteiger charge is 2.55. The van der Waals surface area contributed by atoms with Gasteiger partial charge in [0.25, 0.3) is 0 Å². The molecule has 2 aliphatic rings. The maximum Gasteiger partial charge on any atom is 0.311 e. The highest BCUT2D eigenvalue weighted by atomic mass is 16.4. The van der Waals surface area contributed by atoms with Crippen LogP contribution in [-0.2, 0) is 16.1 Å². The first-order chi connectivity index (χ1) is 13.0. The van der Waals surface area contributed by atoms with Crippen LogP contribution in [0, 0.1) is 18.3 Å². The van der Waals surface area contributed by atoms with Gasteiger partial charge in [0.05, 0.1) is 5.41 Å². The molecule has 2 aromatic rings. The van der Waals surface area contributed by atoms with E-state index >= 15 is 0 Å². The van der Waals surface area contributed by atoms with Gasteiger partial charge in [-0.1, -0.05) is 30.3 Å². The van der Waals surface area contributed by atoms with Crippen molar-refractivity contribution >= 4 is 11.9 Å². The number of amides is 1. The fourth-order valence-electron chi connectivity index (χ4n) is 4.84. The first kappa shape index (κ1) is 17.8. The number of likely N-dealkylation sites (tertiary alicyclic amines) is 1. The second-order valence-electron chi connectivity index (χ2n) is 7.92. The van der Waals surface area contributed by atoms with Crippen molar-refractivity contribution in [2.45, 2.75) is 38.6 Å². The van der Waals surface area contributed by atoms with E-state index in [0.29, 0.717) is 25.4 Å². The molecule has 1 amide bonds. The Balaban J connectivity index is 1.52. The van der Waals surface area contributed by atoms with Crippen LogP contribution in [0.3, 0.4) is 0 Å². The quantitative estimate of drug-likeness (QED) is 0.901. The molecule has 27 heavy (non-hydrogen) atoms. The number of aromatic nitrogens is 2. The molecule has 6 heteroatoms. The number of carbonyl (C=O) groups is 2. The second kappa shape index (κ2) is 6.83. The Labute approximate surface area is 158 Å². The lowest BCUT2D eigenvalue weighted by atomic mass is 9.64. The SMILES string of the molecule is Cc1nccn1CC(=O)N1C[C@@H]2C[C@@H](c3ccccc3)CC[C@]2(C(=O)O)C1. The van der Waals surface area contributed by atoms with Gasteiger partial charge in [0.2, 0.25) is 5.91 Å². The summed E-state index contributed by atoms with van der Waals surface area (Å²) in [6, 6.07) is 10.3. The molecule has 1 aromatic heterocycles. The number of carboxylic acids is 1. The van der Waals surface area contributed by atoms with Crippen LogP contribution < -0.4 is 0 Å². The minimum absolute atomic E-state index is 0.00166. The molecule has 1 aromatic carbocycles. The van der Waals surface area contributed by atoms with E-state index in [1.54, 1.807) is 17.3 Å². The molecule has 6 nitrogen and oxygen atoms in total. The molecule has 1 aliphatic heterocycles. The van der Waals surface area contributed by atoms with Crippen molar-refractivity contribution in [1.29, 1.82) is 0 Å². The third-order valence-corrected chi connectivity index (χ3v) is 6.48. The number of aliphatic carboxylic acids is 1. The van der Waals surface area contributed by atoms with Gasteiger partial charge in [0.1, 0.15) is 12.4 Å². The summed E-state index contributed by atoms with van der Waals surface area (Å²) in [6.07, 6.45) is 5.77. The Hall–Kier alpha value is -2.63. The molecule has 1 aliphatic carbocycles. The van der Waals surface area contributed by atoms with Gasteiger partial charge in [-0.25, -0.2) is 4.98 Å². The largest absolute Gasteiger partial charge is 0.481 e. The second-order valence-corrected chi connectivity index (χ2v) is 7.92. The fraction of sp³-hybridized carbons (Fsp3) is 0.476. The number of carboxylic acid groups (broad SMARTS) is 1. The number of benzene rings is 1. The maximum absolute atomic E-state index is 12.8. The van der Waals surface area contributed by atoms with E-state index < -0.39 is 11.4 Å². The lowest BCUT2D eigenvalue weighted by Gasteiger charge is -2.38. The third-order valence-electron chi connectivity index (χ3n) is 6.48. The Morgan fingerprint density at radius 2 is 2.07 bits per heavy atom. The van der Waals surface area contributed by atoms with Crippen molar-refractivity contribution in [2.24, 2.45) is 11.3 Å². The Kier molecular flexibility index (Phi) is 4.50. The van der Waals surface area contributed by atoms with Gasteiger partial charge in [-0.15, -0.1) is 0 Å². The molecule has 0 unspecified atom stereocenters. The molecule has 2 fully saturated rings. The molecule has 1 saturated carbocycles. The predicted molar refractivity (Wildman–Crippen MR) is 100 cm³/mol. The normalized spacial score (nSPS) is 27.4. The van der Waals surface area contributed by atoms with Crippen LogP contribution in [-0.4, -0.2) is 44.5 Å². The summed E-state index contributed by atoms with van der Waals surface area (Å²) in [5.41, 5.74) is 0.473. The van der Waals surface area contributed by atoms with Crippen LogP contribution in [0.15, 0.2) is 42.7 Å². The minimum atomic E-state index is -0.801. The van der Waals surface area contributed by atoms with Crippen molar-refractivity contribution < 1.29 is 14.7 Å². The number of imidazole rings is 1. The number of hydrogen-bond donors (Lipinski definition) is 1. The van der Waals surface area contributed by atoms with E-state index in [0.717, 1.165) is 18.7 Å². The van der Waals surface area contributed by atoms with E-state index in [1.165, 1.54) is 5.56 Å². The van der Waals surface area contributed by atoms with Gasteiger partial charge >= 0.3 is 5.97 Å². The summed E-state index contributed by atoms with van der Waals surface area (Å²) >= 11 is 0. The van der Waals surface area contributed by atoms with Crippen molar-refractivity contribution in [3.05, 3.63) is 54.1 Å². The summed E-state index contributed by atoms with van der Waals surface area (Å²) in [6.45, 7) is 2.93. The van der Waals surface area contributed by atoms with Crippen LogP contribution in [0.1, 0.15) is 36.6 Å². The average molecular weight is 367 g/mol. The molecule has 0 spiro atoms. The van der Waals surface area contributed by atoms with Gasteiger partial charge in [0.15, 0.2) is 0 Å². The monoisotopic (exact) mass is 367 g/mol. The summed E-state index contributed by atoms with van der Waals surface area (Å²) in [7, 11) is 0. The Morgan fingerprint density at radius 1 is 1.30 bits per heavy atom. The van der Waals surface area contributed by atoms with Crippen molar-refractivity contribution in [2.75, 3.05) is 13.1 Å². The van der Waals surface area contributed by atoms with Crippen LogP contribution in [0.5, 0.6) is 0 Å². The van der Waals surface area contributed by atoms with Gasteiger partial charge in [0, 0.05) is 25.5 Å².